The van der Waals surface area contributed by atoms with Crippen molar-refractivity contribution in [1.82, 2.24) is 19.6 Å². The van der Waals surface area contributed by atoms with Crippen LogP contribution in [0.25, 0.3) is 0 Å². The lowest BCUT2D eigenvalue weighted by Gasteiger charge is -2.36. The summed E-state index contributed by atoms with van der Waals surface area (Å²) in [4.78, 5) is 17.3. The monoisotopic (exact) mass is 626 g/mol. The summed E-state index contributed by atoms with van der Waals surface area (Å²) < 4.78 is 8.18. The highest BCUT2D eigenvalue weighted by molar-refractivity contribution is 5.74. The molecule has 0 unspecified atom stereocenters. The molecule has 1 aliphatic carbocycles. The molecule has 3 aliphatic rings. The molecular formula is C39H54N4O3. The van der Waals surface area contributed by atoms with Gasteiger partial charge in [-0.15, -0.1) is 0 Å². The van der Waals surface area contributed by atoms with Gasteiger partial charge in [-0.1, -0.05) is 69.7 Å². The fourth-order valence-electron chi connectivity index (χ4n) is 8.13. The molecule has 0 radical (unpaired) electrons. The van der Waals surface area contributed by atoms with Gasteiger partial charge in [0, 0.05) is 31.7 Å². The van der Waals surface area contributed by atoms with E-state index in [2.05, 4.69) is 104 Å². The lowest BCUT2D eigenvalue weighted by molar-refractivity contribution is -0.147. The number of ether oxygens (including phenoxy) is 1. The van der Waals surface area contributed by atoms with Gasteiger partial charge in [0.15, 0.2) is 0 Å². The Labute approximate surface area is 275 Å². The molecule has 1 saturated carbocycles. The summed E-state index contributed by atoms with van der Waals surface area (Å²) in [5, 5.41) is 15.3. The molecule has 3 heterocycles. The summed E-state index contributed by atoms with van der Waals surface area (Å²) >= 11 is 0. The summed E-state index contributed by atoms with van der Waals surface area (Å²) in [5.41, 5.74) is 6.19. The van der Waals surface area contributed by atoms with Crippen LogP contribution in [0.1, 0.15) is 99.6 Å². The minimum Gasteiger partial charge on any atom is -0.490 e. The fraction of sp³-hybridized carbons (Fsp3) is 0.590. The van der Waals surface area contributed by atoms with Crippen molar-refractivity contribution in [3.8, 4) is 5.75 Å². The van der Waals surface area contributed by atoms with E-state index in [-0.39, 0.29) is 5.41 Å². The van der Waals surface area contributed by atoms with Crippen LogP contribution in [0.2, 0.25) is 0 Å². The number of aryl methyl sites for hydroxylation is 2. The zero-order chi connectivity index (χ0) is 32.4. The molecule has 2 aliphatic heterocycles. The second kappa shape index (κ2) is 13.9. The minimum absolute atomic E-state index is 0.328. The average Bonchev–Trinajstić information content (AvgIpc) is 3.59. The zero-order valence-corrected chi connectivity index (χ0v) is 28.6. The van der Waals surface area contributed by atoms with Crippen LogP contribution in [0.4, 0.5) is 0 Å². The smallest absolute Gasteiger partial charge is 0.321 e. The Morgan fingerprint density at radius 2 is 1.78 bits per heavy atom. The molecule has 248 valence electrons. The van der Waals surface area contributed by atoms with Crippen molar-refractivity contribution in [2.45, 2.75) is 104 Å². The van der Waals surface area contributed by atoms with Crippen LogP contribution >= 0.6 is 0 Å². The van der Waals surface area contributed by atoms with Gasteiger partial charge in [0.2, 0.25) is 0 Å². The molecule has 0 spiro atoms. The number of nitrogens with zero attached hydrogens (tertiary/aromatic N) is 4. The number of carbonyl (C=O) groups is 1. The first-order valence-electron chi connectivity index (χ1n) is 17.6. The second-order valence-electron chi connectivity index (χ2n) is 15.3. The van der Waals surface area contributed by atoms with E-state index in [1.165, 1.54) is 47.2 Å². The number of piperidine rings is 1. The van der Waals surface area contributed by atoms with Crippen LogP contribution in [0, 0.1) is 18.3 Å². The van der Waals surface area contributed by atoms with E-state index < -0.39 is 12.0 Å². The number of carboxylic acid groups (broad SMARTS) is 1. The van der Waals surface area contributed by atoms with E-state index in [9.17, 15) is 9.90 Å². The van der Waals surface area contributed by atoms with E-state index in [0.717, 1.165) is 64.3 Å². The summed E-state index contributed by atoms with van der Waals surface area (Å²) in [5.74, 6) is 1.54. The molecule has 2 aromatic carbocycles. The maximum absolute atomic E-state index is 12.5. The van der Waals surface area contributed by atoms with Crippen molar-refractivity contribution in [1.29, 1.82) is 0 Å². The van der Waals surface area contributed by atoms with E-state index in [1.54, 1.807) is 0 Å². The number of aliphatic carboxylic acids is 1. The summed E-state index contributed by atoms with van der Waals surface area (Å²) in [7, 11) is 0. The van der Waals surface area contributed by atoms with Crippen molar-refractivity contribution in [2.24, 2.45) is 11.3 Å². The number of likely N-dealkylation sites (tertiary alicyclic amines) is 2. The maximum atomic E-state index is 12.5. The number of rotatable bonds is 11. The SMILES string of the molecule is CCc1nn(Cc2ccc(OC3CCC3)cc2)cc1C1CCN(C[C@H]2CN([C@@H](C(=O)O)C(C)(C)C)C[C@@H]2c2cccc(C)c2)CC1. The van der Waals surface area contributed by atoms with Gasteiger partial charge in [0.05, 0.1) is 18.3 Å². The third kappa shape index (κ3) is 7.52. The van der Waals surface area contributed by atoms with Gasteiger partial charge in [-0.2, -0.15) is 5.10 Å². The Balaban J connectivity index is 1.09. The quantitative estimate of drug-likeness (QED) is 0.244. The molecule has 0 bridgehead atoms. The van der Waals surface area contributed by atoms with E-state index in [0.29, 0.717) is 23.9 Å². The van der Waals surface area contributed by atoms with Gasteiger partial charge in [0.1, 0.15) is 11.8 Å². The number of benzene rings is 2. The summed E-state index contributed by atoms with van der Waals surface area (Å²) in [6.45, 7) is 16.1. The molecule has 6 rings (SSSR count). The number of aromatic nitrogens is 2. The van der Waals surface area contributed by atoms with Crippen LogP contribution in [-0.4, -0.2) is 75.5 Å². The second-order valence-corrected chi connectivity index (χ2v) is 15.3. The van der Waals surface area contributed by atoms with Crippen LogP contribution in [-0.2, 0) is 17.8 Å². The van der Waals surface area contributed by atoms with Gasteiger partial charge in [0.25, 0.3) is 0 Å². The Kier molecular flexibility index (Phi) is 9.91. The topological polar surface area (TPSA) is 70.8 Å². The van der Waals surface area contributed by atoms with Crippen LogP contribution in [0.5, 0.6) is 5.75 Å². The summed E-state index contributed by atoms with van der Waals surface area (Å²) in [6, 6.07) is 16.9. The molecule has 0 amide bonds. The lowest BCUT2D eigenvalue weighted by Crippen LogP contribution is -2.48. The van der Waals surface area contributed by atoms with Crippen molar-refractivity contribution in [3.05, 3.63) is 82.7 Å². The van der Waals surface area contributed by atoms with Crippen molar-refractivity contribution < 1.29 is 14.6 Å². The Bertz CT molecular complexity index is 1460. The minimum atomic E-state index is -0.709. The molecule has 7 nitrogen and oxygen atoms in total. The predicted molar refractivity (Wildman–Crippen MR) is 184 cm³/mol. The van der Waals surface area contributed by atoms with E-state index in [1.807, 2.05) is 0 Å². The first kappa shape index (κ1) is 32.8. The molecule has 1 N–H and O–H groups in total. The molecule has 3 fully saturated rings. The fourth-order valence-corrected chi connectivity index (χ4v) is 8.13. The zero-order valence-electron chi connectivity index (χ0n) is 28.6. The van der Waals surface area contributed by atoms with Crippen LogP contribution in [0.3, 0.4) is 0 Å². The lowest BCUT2D eigenvalue weighted by atomic mass is 9.85. The Morgan fingerprint density at radius 1 is 1.04 bits per heavy atom. The van der Waals surface area contributed by atoms with Crippen molar-refractivity contribution in [3.63, 3.8) is 0 Å². The molecular weight excluding hydrogens is 572 g/mol. The molecule has 1 aromatic heterocycles. The van der Waals surface area contributed by atoms with Crippen LogP contribution < -0.4 is 4.74 Å². The molecule has 3 atom stereocenters. The predicted octanol–water partition coefficient (Wildman–Crippen LogP) is 7.13. The van der Waals surface area contributed by atoms with Gasteiger partial charge in [-0.3, -0.25) is 14.4 Å². The van der Waals surface area contributed by atoms with Crippen LogP contribution in [0.15, 0.2) is 54.7 Å². The first-order chi connectivity index (χ1) is 22.1. The highest BCUT2D eigenvalue weighted by Crippen LogP contribution is 2.39. The normalized spacial score (nSPS) is 22.5. The number of hydrogen-bond donors (Lipinski definition) is 1. The molecule has 3 aromatic rings. The average molecular weight is 627 g/mol. The van der Waals surface area contributed by atoms with E-state index >= 15 is 0 Å². The first-order valence-corrected chi connectivity index (χ1v) is 17.6. The number of carboxylic acids is 1. The van der Waals surface area contributed by atoms with Gasteiger partial charge in [-0.25, -0.2) is 0 Å². The highest BCUT2D eigenvalue weighted by Gasteiger charge is 2.44. The Hall–Kier alpha value is -3.16. The summed E-state index contributed by atoms with van der Waals surface area (Å²) in [6.07, 6.45) is 9.56. The van der Waals surface area contributed by atoms with Gasteiger partial charge < -0.3 is 14.7 Å². The molecule has 2 saturated heterocycles. The van der Waals surface area contributed by atoms with E-state index in [4.69, 9.17) is 9.84 Å². The third-order valence-corrected chi connectivity index (χ3v) is 10.7. The van der Waals surface area contributed by atoms with Crippen molar-refractivity contribution in [2.75, 3.05) is 32.7 Å². The van der Waals surface area contributed by atoms with Gasteiger partial charge >= 0.3 is 5.97 Å². The third-order valence-electron chi connectivity index (χ3n) is 10.7. The van der Waals surface area contributed by atoms with Crippen molar-refractivity contribution >= 4 is 5.97 Å². The molecule has 46 heavy (non-hydrogen) atoms. The highest BCUT2D eigenvalue weighted by atomic mass is 16.5. The number of hydrogen-bond acceptors (Lipinski definition) is 5. The Morgan fingerprint density at radius 3 is 2.39 bits per heavy atom. The maximum Gasteiger partial charge on any atom is 0.321 e. The van der Waals surface area contributed by atoms with Gasteiger partial charge in [-0.05, 0) is 105 Å². The standard InChI is InChI=1S/C39H54N4O3/c1-6-36-35(26-43(40-36)22-28-13-15-33(16-14-28)46-32-11-8-12-32)29-17-19-41(20-18-29)23-31-24-42(37(38(44)45)39(3,4)5)25-34(31)30-10-7-9-27(2)21-30/h7,9-10,13-16,21,26,29,31-32,34,37H,6,8,11-12,17-20,22-25H2,1-5H3,(H,44,45)/t31-,34+,37-/m0/s1. The molecule has 7 heteroatoms. The largest absolute Gasteiger partial charge is 0.490 e.